The summed E-state index contributed by atoms with van der Waals surface area (Å²) in [5, 5.41) is 30.5. The SMILES string of the molecule is CC[C@H](C)[C@@H]([C@@H](CC(=O)N1CCC[C@H]1[C@H](OC)[C@@H](C)C(=O)N[C@H](C)[C@@H](O)c1ccccc1)OC)N(C)C(=O)[C@@H](NC(=O)[C@H](C(C)C)N(C)C(=O)OCc1ccc(NC(=O)[C@H](CCCNC(N)=O)NC(=O)[C@@H](NC(=O)CCOCCOCCOCCNC(=O)CCC(=O)N2Cc3ccccc3C#Cc3ccccc32)C(C)C)cc1)C(C)C. The molecule has 0 aromatic heterocycles. The third-order valence-electron chi connectivity index (χ3n) is 21.1. The number of aliphatic hydroxyl groups is 1. The molecule has 636 valence electrons. The average Bonchev–Trinajstić information content (AvgIpc) is 1.60. The standard InChI is InChI=1S/C86H124N12O18/c1-15-57(8)77(69(111-13)51-73(102)97-44-24-32-68(97)79(112-14)58(9)80(104)90-59(10)78(103)63-27-17-16-18-28-63)95(11)84(108)75(55(4)5)94-83(107)76(56(6)7)96(12)86(110)116-53-60-33-37-65(38-34-60)91-81(105)66(30-23-42-89-85(87)109)92-82(106)74(54(2)3)93-71(100)41-45-113-47-49-115-50-48-114-46-43-88-70(99)39-40-72(101)98-52-64-29-20-19-25-61(64)35-36-62-26-21-22-31-67(62)98/h16-22,25-29,31,33-34,37-38,54-59,66,68-69,74-79,103H,15,23-24,30,32,39-53H2,1-14H3,(H,88,99)(H,90,104)(H,91,105)(H,92,106)(H,93,100)(H,94,107)(H3,87,89,109)/t57-,58+,59+,66-,68-,69+,74-,75-,76-,77-,78+,79+/m0/s1. The summed E-state index contributed by atoms with van der Waals surface area (Å²) in [7, 11) is 6.08. The summed E-state index contributed by atoms with van der Waals surface area (Å²) in [6.07, 6.45) is -1.22. The number of methoxy groups -OCH3 is 2. The molecule has 12 atom stereocenters. The van der Waals surface area contributed by atoms with Gasteiger partial charge in [-0.2, -0.15) is 0 Å². The van der Waals surface area contributed by atoms with E-state index in [-0.39, 0.29) is 127 Å². The van der Waals surface area contributed by atoms with Gasteiger partial charge >= 0.3 is 12.1 Å². The molecule has 0 spiro atoms. The van der Waals surface area contributed by atoms with Gasteiger partial charge in [0.05, 0.1) is 101 Å². The minimum absolute atomic E-state index is 0.00627. The number of nitrogens with one attached hydrogen (secondary N) is 7. The van der Waals surface area contributed by atoms with E-state index in [0.29, 0.717) is 54.9 Å². The number of hydrogen-bond donors (Lipinski definition) is 9. The Kier molecular flexibility index (Phi) is 39.6. The molecule has 12 amide bonds. The maximum absolute atomic E-state index is 14.9. The Morgan fingerprint density at radius 2 is 1.24 bits per heavy atom. The molecular formula is C86H124N12O18. The monoisotopic (exact) mass is 1610 g/mol. The van der Waals surface area contributed by atoms with Gasteiger partial charge < -0.3 is 91.2 Å². The molecule has 2 heterocycles. The molecule has 1 saturated heterocycles. The summed E-state index contributed by atoms with van der Waals surface area (Å²) in [5.41, 5.74) is 10.0. The zero-order chi connectivity index (χ0) is 85.1. The molecule has 2 aliphatic heterocycles. The van der Waals surface area contributed by atoms with Gasteiger partial charge in [0.2, 0.25) is 53.2 Å². The number of anilines is 2. The largest absolute Gasteiger partial charge is 0.445 e. The lowest BCUT2D eigenvalue weighted by atomic mass is 9.89. The highest BCUT2D eigenvalue weighted by molar-refractivity contribution is 5.99. The molecule has 4 aromatic carbocycles. The number of carbonyl (C=O) groups is 11. The van der Waals surface area contributed by atoms with E-state index in [4.69, 9.17) is 34.2 Å². The third-order valence-corrected chi connectivity index (χ3v) is 21.1. The predicted octanol–water partition coefficient (Wildman–Crippen LogP) is 6.87. The number of amides is 12. The Labute approximate surface area is 683 Å². The van der Waals surface area contributed by atoms with Crippen LogP contribution in [0.2, 0.25) is 0 Å². The lowest BCUT2D eigenvalue weighted by molar-refractivity contribution is -0.148. The van der Waals surface area contributed by atoms with Gasteiger partial charge in [0.15, 0.2) is 0 Å². The van der Waals surface area contributed by atoms with Crippen LogP contribution in [0.3, 0.4) is 0 Å². The highest BCUT2D eigenvalue weighted by Gasteiger charge is 2.44. The van der Waals surface area contributed by atoms with Crippen LogP contribution in [-0.4, -0.2) is 227 Å². The van der Waals surface area contributed by atoms with Crippen molar-refractivity contribution in [2.24, 2.45) is 35.3 Å². The average molecular weight is 1610 g/mol. The fourth-order valence-corrected chi connectivity index (χ4v) is 14.3. The Bertz CT molecular complexity index is 3930. The van der Waals surface area contributed by atoms with Crippen LogP contribution in [0.5, 0.6) is 0 Å². The van der Waals surface area contributed by atoms with Gasteiger partial charge in [-0.15, -0.1) is 0 Å². The fraction of sp³-hybridized carbons (Fsp3) is 0.570. The Hall–Kier alpha value is -10.0. The highest BCUT2D eigenvalue weighted by Crippen LogP contribution is 2.32. The van der Waals surface area contributed by atoms with E-state index in [9.17, 15) is 57.8 Å². The maximum atomic E-state index is 14.9. The third kappa shape index (κ3) is 29.0. The Morgan fingerprint density at radius 3 is 1.88 bits per heavy atom. The fourth-order valence-electron chi connectivity index (χ4n) is 14.3. The molecule has 6 rings (SSSR count). The molecular weight excluding hydrogens is 1490 g/mol. The maximum Gasteiger partial charge on any atom is 0.410 e. The first-order valence-corrected chi connectivity index (χ1v) is 40.3. The van der Waals surface area contributed by atoms with Gasteiger partial charge in [0.25, 0.3) is 0 Å². The molecule has 2 aliphatic rings. The van der Waals surface area contributed by atoms with Crippen molar-refractivity contribution in [3.8, 4) is 11.8 Å². The summed E-state index contributed by atoms with van der Waals surface area (Å²) in [6, 6.07) is 23.8. The lowest BCUT2D eigenvalue weighted by Gasteiger charge is -2.41. The molecule has 116 heavy (non-hydrogen) atoms. The van der Waals surface area contributed by atoms with Crippen LogP contribution >= 0.6 is 0 Å². The number of rotatable bonds is 47. The number of aliphatic hydroxyl groups excluding tert-OH is 1. The number of para-hydroxylation sites is 1. The summed E-state index contributed by atoms with van der Waals surface area (Å²) in [5.74, 6) is 0.443. The minimum atomic E-state index is -1.14. The number of hydrogen-bond acceptors (Lipinski definition) is 18. The number of nitrogens with zero attached hydrogens (tertiary/aromatic N) is 4. The number of likely N-dealkylation sites (tertiary alicyclic amines) is 1. The summed E-state index contributed by atoms with van der Waals surface area (Å²) < 4.78 is 34.6. The summed E-state index contributed by atoms with van der Waals surface area (Å²) in [6.45, 7) is 20.0. The molecule has 0 bridgehead atoms. The van der Waals surface area contributed by atoms with Crippen molar-refractivity contribution >= 4 is 76.7 Å². The number of primary amides is 1. The van der Waals surface area contributed by atoms with E-state index in [1.165, 1.54) is 26.2 Å². The second-order valence-electron chi connectivity index (χ2n) is 30.6. The summed E-state index contributed by atoms with van der Waals surface area (Å²) in [4.78, 5) is 156. The Balaban J connectivity index is 0.925. The van der Waals surface area contributed by atoms with Crippen molar-refractivity contribution < 1.29 is 86.3 Å². The van der Waals surface area contributed by atoms with Crippen molar-refractivity contribution in [3.05, 3.63) is 131 Å². The second-order valence-corrected chi connectivity index (χ2v) is 30.6. The van der Waals surface area contributed by atoms with Gasteiger partial charge in [-0.3, -0.25) is 48.1 Å². The molecule has 30 heteroatoms. The van der Waals surface area contributed by atoms with Crippen molar-refractivity contribution in [2.75, 3.05) is 97.8 Å². The van der Waals surface area contributed by atoms with Gasteiger partial charge in [-0.25, -0.2) is 9.59 Å². The van der Waals surface area contributed by atoms with Crippen LogP contribution in [0, 0.1) is 41.4 Å². The van der Waals surface area contributed by atoms with Crippen LogP contribution in [0.4, 0.5) is 21.0 Å². The summed E-state index contributed by atoms with van der Waals surface area (Å²) >= 11 is 0. The number of carbonyl (C=O) groups excluding carboxylic acids is 11. The van der Waals surface area contributed by atoms with Crippen molar-refractivity contribution in [1.82, 2.24) is 46.6 Å². The Morgan fingerprint density at radius 1 is 0.612 bits per heavy atom. The quantitative estimate of drug-likeness (QED) is 0.0161. The van der Waals surface area contributed by atoms with Gasteiger partial charge in [0, 0.05) is 84.0 Å². The molecule has 0 saturated carbocycles. The zero-order valence-corrected chi connectivity index (χ0v) is 69.9. The van der Waals surface area contributed by atoms with Crippen molar-refractivity contribution in [2.45, 2.75) is 201 Å². The molecule has 0 aliphatic carbocycles. The van der Waals surface area contributed by atoms with E-state index >= 15 is 0 Å². The molecule has 0 unspecified atom stereocenters. The van der Waals surface area contributed by atoms with Crippen molar-refractivity contribution in [3.63, 3.8) is 0 Å². The number of likely N-dealkylation sites (N-methyl/N-ethyl adjacent to an activating group) is 2. The lowest BCUT2D eigenvalue weighted by Crippen LogP contribution is -2.60. The van der Waals surface area contributed by atoms with Gasteiger partial charge in [-0.05, 0) is 103 Å². The number of nitrogens with two attached hydrogens (primary N) is 1. The van der Waals surface area contributed by atoms with E-state index in [1.54, 1.807) is 114 Å². The van der Waals surface area contributed by atoms with Crippen LogP contribution < -0.4 is 47.9 Å². The van der Waals surface area contributed by atoms with Gasteiger partial charge in [0.1, 0.15) is 30.8 Å². The van der Waals surface area contributed by atoms with E-state index in [2.05, 4.69) is 49.1 Å². The minimum Gasteiger partial charge on any atom is -0.445 e. The molecule has 10 N–H and O–H groups in total. The number of fused-ring (bicyclic) bond motifs is 2. The van der Waals surface area contributed by atoms with E-state index in [0.717, 1.165) is 16.7 Å². The van der Waals surface area contributed by atoms with Gasteiger partial charge in [-0.1, -0.05) is 153 Å². The molecule has 30 nitrogen and oxygen atoms in total. The second kappa shape index (κ2) is 48.5. The topological polar surface area (TPSA) is 387 Å². The molecule has 4 aromatic rings. The normalized spacial score (nSPS) is 15.9. The van der Waals surface area contributed by atoms with E-state index < -0.39 is 126 Å². The number of ether oxygens (including phenoxy) is 6. The van der Waals surface area contributed by atoms with Crippen LogP contribution in [-0.2, 0) is 84.7 Å². The first-order chi connectivity index (χ1) is 55.4. The van der Waals surface area contributed by atoms with Crippen LogP contribution in [0.15, 0.2) is 103 Å². The zero-order valence-electron chi connectivity index (χ0n) is 69.9. The highest BCUT2D eigenvalue weighted by atomic mass is 16.6. The first-order valence-electron chi connectivity index (χ1n) is 40.3. The predicted molar refractivity (Wildman–Crippen MR) is 438 cm³/mol. The van der Waals surface area contributed by atoms with Crippen molar-refractivity contribution in [1.29, 1.82) is 0 Å². The first kappa shape index (κ1) is 94.8. The van der Waals surface area contributed by atoms with Crippen LogP contribution in [0.1, 0.15) is 161 Å². The van der Waals surface area contributed by atoms with Crippen LogP contribution in [0.25, 0.3) is 0 Å². The molecule has 1 fully saturated rings. The number of benzene rings is 4. The van der Waals surface area contributed by atoms with E-state index in [1.807, 2.05) is 80.6 Å². The number of urea groups is 1. The molecule has 0 radical (unpaired) electrons. The smallest absolute Gasteiger partial charge is 0.410 e.